The van der Waals surface area contributed by atoms with Crippen molar-refractivity contribution in [2.24, 2.45) is 0 Å². The van der Waals surface area contributed by atoms with E-state index in [-0.39, 0.29) is 5.41 Å². The van der Waals surface area contributed by atoms with Crippen molar-refractivity contribution in [1.29, 1.82) is 0 Å². The standard InChI is InChI=1S/C58H43N/c1-57(2)53-27-14-12-25-49(53)51-36-34-48(39-55(51)57)59(46-32-29-41(30-33-46)40-17-6-3-7-18-40)47-24-16-19-42(37-47)43-31-35-52-50-26-13-15-28-54(50)58(56(52)38-43,44-20-8-4-9-21-44)45-22-10-5-11-23-45/h3-39H,1-2H3. The van der Waals surface area contributed by atoms with Crippen LogP contribution in [-0.2, 0) is 10.8 Å². The normalized spacial score (nSPS) is 13.9. The molecule has 0 fully saturated rings. The van der Waals surface area contributed by atoms with Crippen LogP contribution >= 0.6 is 0 Å². The highest BCUT2D eigenvalue weighted by atomic mass is 15.1. The lowest BCUT2D eigenvalue weighted by Gasteiger charge is -2.34. The van der Waals surface area contributed by atoms with Crippen LogP contribution in [0.3, 0.4) is 0 Å². The van der Waals surface area contributed by atoms with Crippen LogP contribution in [0.1, 0.15) is 47.2 Å². The first-order chi connectivity index (χ1) is 29.0. The molecule has 280 valence electrons. The Hall–Kier alpha value is -7.22. The molecule has 1 nitrogen and oxygen atoms in total. The maximum Gasteiger partial charge on any atom is 0.0713 e. The lowest BCUT2D eigenvalue weighted by molar-refractivity contribution is 0.660. The molecule has 0 heterocycles. The van der Waals surface area contributed by atoms with Gasteiger partial charge in [0, 0.05) is 22.5 Å². The smallest absolute Gasteiger partial charge is 0.0713 e. The predicted molar refractivity (Wildman–Crippen MR) is 247 cm³/mol. The van der Waals surface area contributed by atoms with E-state index in [1.807, 2.05) is 0 Å². The zero-order chi connectivity index (χ0) is 39.6. The molecule has 59 heavy (non-hydrogen) atoms. The Kier molecular flexibility index (Phi) is 8.13. The summed E-state index contributed by atoms with van der Waals surface area (Å²) < 4.78 is 0. The van der Waals surface area contributed by atoms with Gasteiger partial charge in [-0.05, 0) is 120 Å². The summed E-state index contributed by atoms with van der Waals surface area (Å²) in [6, 6.07) is 82.9. The Balaban J connectivity index is 1.08. The van der Waals surface area contributed by atoms with E-state index < -0.39 is 5.41 Å². The highest BCUT2D eigenvalue weighted by Gasteiger charge is 2.46. The zero-order valence-corrected chi connectivity index (χ0v) is 33.3. The number of rotatable bonds is 7. The fourth-order valence-corrected chi connectivity index (χ4v) is 10.2. The number of benzene rings is 9. The van der Waals surface area contributed by atoms with E-state index in [9.17, 15) is 0 Å². The molecule has 9 aromatic rings. The van der Waals surface area contributed by atoms with Crippen molar-refractivity contribution < 1.29 is 0 Å². The van der Waals surface area contributed by atoms with Crippen molar-refractivity contribution >= 4 is 17.1 Å². The van der Waals surface area contributed by atoms with Crippen LogP contribution < -0.4 is 4.90 Å². The van der Waals surface area contributed by atoms with Crippen LogP contribution in [0.2, 0.25) is 0 Å². The summed E-state index contributed by atoms with van der Waals surface area (Å²) in [5.74, 6) is 0. The average molecular weight is 754 g/mol. The van der Waals surface area contributed by atoms with Gasteiger partial charge in [0.15, 0.2) is 0 Å². The molecule has 0 saturated heterocycles. The molecule has 2 aliphatic carbocycles. The summed E-state index contributed by atoms with van der Waals surface area (Å²) in [4.78, 5) is 2.43. The molecular weight excluding hydrogens is 711 g/mol. The Labute approximate surface area is 347 Å². The van der Waals surface area contributed by atoms with Gasteiger partial charge in [-0.1, -0.05) is 196 Å². The lowest BCUT2D eigenvalue weighted by atomic mass is 9.67. The van der Waals surface area contributed by atoms with Crippen molar-refractivity contribution in [3.63, 3.8) is 0 Å². The van der Waals surface area contributed by atoms with Gasteiger partial charge in [0.05, 0.1) is 5.41 Å². The summed E-state index contributed by atoms with van der Waals surface area (Å²) in [6.45, 7) is 4.72. The van der Waals surface area contributed by atoms with E-state index in [2.05, 4.69) is 243 Å². The maximum absolute atomic E-state index is 2.46. The molecule has 11 rings (SSSR count). The SMILES string of the molecule is CC1(C)c2ccccc2-c2ccc(N(c3ccc(-c4ccccc4)cc3)c3cccc(-c4ccc5c(c4)C(c4ccccc4)(c4ccccc4)c4ccccc4-5)c3)cc21. The topological polar surface area (TPSA) is 3.24 Å². The summed E-state index contributed by atoms with van der Waals surface area (Å²) in [5.41, 5.74) is 20.8. The fraction of sp³-hybridized carbons (Fsp3) is 0.0690. The third-order valence-corrected chi connectivity index (χ3v) is 13.0. The molecule has 0 atom stereocenters. The molecule has 1 heteroatoms. The predicted octanol–water partition coefficient (Wildman–Crippen LogP) is 15.2. The number of nitrogens with zero attached hydrogens (tertiary/aromatic N) is 1. The Morgan fingerprint density at radius 1 is 0.288 bits per heavy atom. The third kappa shape index (κ3) is 5.46. The highest BCUT2D eigenvalue weighted by Crippen LogP contribution is 2.57. The Morgan fingerprint density at radius 3 is 1.44 bits per heavy atom. The average Bonchev–Trinajstić information content (AvgIpc) is 3.73. The third-order valence-electron chi connectivity index (χ3n) is 13.0. The molecule has 2 aliphatic rings. The van der Waals surface area contributed by atoms with Crippen LogP contribution in [0.5, 0.6) is 0 Å². The van der Waals surface area contributed by atoms with Crippen LogP contribution in [0.25, 0.3) is 44.5 Å². The van der Waals surface area contributed by atoms with Gasteiger partial charge in [-0.3, -0.25) is 0 Å². The van der Waals surface area contributed by atoms with Crippen molar-refractivity contribution in [1.82, 2.24) is 0 Å². The Bertz CT molecular complexity index is 2960. The molecule has 0 spiro atoms. The molecule has 0 radical (unpaired) electrons. The largest absolute Gasteiger partial charge is 0.310 e. The summed E-state index contributed by atoms with van der Waals surface area (Å²) in [7, 11) is 0. The molecule has 0 unspecified atom stereocenters. The van der Waals surface area contributed by atoms with Crippen LogP contribution in [0.15, 0.2) is 224 Å². The molecule has 9 aromatic carbocycles. The van der Waals surface area contributed by atoms with E-state index in [1.54, 1.807) is 0 Å². The van der Waals surface area contributed by atoms with Gasteiger partial charge < -0.3 is 4.90 Å². The summed E-state index contributed by atoms with van der Waals surface area (Å²) >= 11 is 0. The van der Waals surface area contributed by atoms with Crippen LogP contribution in [-0.4, -0.2) is 0 Å². The van der Waals surface area contributed by atoms with Gasteiger partial charge in [-0.15, -0.1) is 0 Å². The second kappa shape index (κ2) is 13.7. The molecule has 0 bridgehead atoms. The van der Waals surface area contributed by atoms with E-state index in [4.69, 9.17) is 0 Å². The van der Waals surface area contributed by atoms with E-state index >= 15 is 0 Å². The molecular formula is C58H43N. The first-order valence-electron chi connectivity index (χ1n) is 20.7. The quantitative estimate of drug-likeness (QED) is 0.157. The van der Waals surface area contributed by atoms with Gasteiger partial charge in [-0.2, -0.15) is 0 Å². The maximum atomic E-state index is 2.46. The molecule has 0 aliphatic heterocycles. The van der Waals surface area contributed by atoms with E-state index in [0.717, 1.165) is 17.1 Å². The van der Waals surface area contributed by atoms with Gasteiger partial charge in [-0.25, -0.2) is 0 Å². The van der Waals surface area contributed by atoms with E-state index in [1.165, 1.54) is 77.9 Å². The summed E-state index contributed by atoms with van der Waals surface area (Å²) in [6.07, 6.45) is 0. The van der Waals surface area contributed by atoms with Gasteiger partial charge in [0.25, 0.3) is 0 Å². The number of fused-ring (bicyclic) bond motifs is 6. The van der Waals surface area contributed by atoms with Gasteiger partial charge >= 0.3 is 0 Å². The van der Waals surface area contributed by atoms with Gasteiger partial charge in [0.2, 0.25) is 0 Å². The van der Waals surface area contributed by atoms with Crippen molar-refractivity contribution in [2.45, 2.75) is 24.7 Å². The van der Waals surface area contributed by atoms with Crippen LogP contribution in [0.4, 0.5) is 17.1 Å². The van der Waals surface area contributed by atoms with Crippen molar-refractivity contribution in [2.75, 3.05) is 4.90 Å². The molecule has 0 saturated carbocycles. The monoisotopic (exact) mass is 753 g/mol. The van der Waals surface area contributed by atoms with Gasteiger partial charge in [0.1, 0.15) is 0 Å². The first kappa shape index (κ1) is 35.0. The lowest BCUT2D eigenvalue weighted by Crippen LogP contribution is -2.28. The number of hydrogen-bond acceptors (Lipinski definition) is 1. The number of hydrogen-bond donors (Lipinski definition) is 0. The minimum Gasteiger partial charge on any atom is -0.310 e. The summed E-state index contributed by atoms with van der Waals surface area (Å²) in [5, 5.41) is 0. The highest BCUT2D eigenvalue weighted by molar-refractivity contribution is 5.90. The molecule has 0 amide bonds. The second-order valence-corrected chi connectivity index (χ2v) is 16.5. The number of anilines is 3. The van der Waals surface area contributed by atoms with Crippen molar-refractivity contribution in [3.8, 4) is 44.5 Å². The van der Waals surface area contributed by atoms with Crippen molar-refractivity contribution in [3.05, 3.63) is 258 Å². The second-order valence-electron chi connectivity index (χ2n) is 16.5. The molecule has 0 aromatic heterocycles. The Morgan fingerprint density at radius 2 is 0.746 bits per heavy atom. The van der Waals surface area contributed by atoms with Crippen LogP contribution in [0, 0.1) is 0 Å². The van der Waals surface area contributed by atoms with E-state index in [0.29, 0.717) is 0 Å². The zero-order valence-electron chi connectivity index (χ0n) is 33.3. The minimum absolute atomic E-state index is 0.112. The fourth-order valence-electron chi connectivity index (χ4n) is 10.2. The molecule has 0 N–H and O–H groups in total. The first-order valence-corrected chi connectivity index (χ1v) is 20.7. The minimum atomic E-state index is -0.455.